The van der Waals surface area contributed by atoms with Gasteiger partial charge in [0.2, 0.25) is 0 Å². The summed E-state index contributed by atoms with van der Waals surface area (Å²) in [4.78, 5) is 32.2. The van der Waals surface area contributed by atoms with Crippen molar-refractivity contribution in [2.45, 2.75) is 83.8 Å². The van der Waals surface area contributed by atoms with E-state index in [0.29, 0.717) is 41.0 Å². The lowest BCUT2D eigenvalue weighted by Crippen LogP contribution is -2.42. The van der Waals surface area contributed by atoms with Crippen molar-refractivity contribution in [2.75, 3.05) is 13.2 Å². The van der Waals surface area contributed by atoms with Crippen LogP contribution >= 0.6 is 0 Å². The van der Waals surface area contributed by atoms with Crippen LogP contribution in [0.15, 0.2) is 30.3 Å². The number of aryl methyl sites for hydroxylation is 1. The number of nitrogens with zero attached hydrogens (tertiary/aromatic N) is 4. The molecule has 8 heteroatoms. The van der Waals surface area contributed by atoms with Gasteiger partial charge in [0.05, 0.1) is 11.8 Å². The molecule has 2 saturated heterocycles. The third kappa shape index (κ3) is 5.59. The Morgan fingerprint density at radius 2 is 2.00 bits per heavy atom. The van der Waals surface area contributed by atoms with Gasteiger partial charge in [-0.25, -0.2) is 13.9 Å². The topological polar surface area (TPSA) is 76.8 Å². The molecule has 0 saturated carbocycles. The van der Waals surface area contributed by atoms with Gasteiger partial charge >= 0.3 is 0 Å². The van der Waals surface area contributed by atoms with Gasteiger partial charge in [-0.15, -0.1) is 0 Å². The van der Waals surface area contributed by atoms with Gasteiger partial charge in [0.1, 0.15) is 17.3 Å². The molecule has 4 heterocycles. The Kier molecular flexibility index (Phi) is 7.65. The van der Waals surface area contributed by atoms with Gasteiger partial charge in [0.25, 0.3) is 5.91 Å². The van der Waals surface area contributed by atoms with Gasteiger partial charge in [-0.3, -0.25) is 9.59 Å². The van der Waals surface area contributed by atoms with E-state index in [9.17, 15) is 9.59 Å². The summed E-state index contributed by atoms with van der Waals surface area (Å²) in [6.07, 6.45) is 7.43. The highest BCUT2D eigenvalue weighted by atomic mass is 19.1. The first-order valence-corrected chi connectivity index (χ1v) is 13.6. The normalized spacial score (nSPS) is 20.0. The molecule has 0 N–H and O–H groups in total. The van der Waals surface area contributed by atoms with Gasteiger partial charge < -0.3 is 9.64 Å². The summed E-state index contributed by atoms with van der Waals surface area (Å²) in [6, 6.07) is 8.60. The van der Waals surface area contributed by atoms with E-state index < -0.39 is 5.82 Å². The number of benzene rings is 1. The van der Waals surface area contributed by atoms with E-state index in [-0.39, 0.29) is 30.3 Å². The van der Waals surface area contributed by atoms with Crippen molar-refractivity contribution in [3.8, 4) is 11.3 Å². The maximum atomic E-state index is 15.2. The first-order valence-electron chi connectivity index (χ1n) is 13.6. The molecule has 1 aromatic carbocycles. The molecule has 1 amide bonds. The molecule has 2 aliphatic heterocycles. The Balaban J connectivity index is 1.35. The molecule has 2 aromatic heterocycles. The summed E-state index contributed by atoms with van der Waals surface area (Å²) in [5, 5.41) is 4.62. The maximum absolute atomic E-state index is 15.2. The number of halogens is 1. The average Bonchev–Trinajstić information content (AvgIpc) is 3.57. The Bertz CT molecular complexity index is 1300. The van der Waals surface area contributed by atoms with Gasteiger partial charge in [0.15, 0.2) is 5.65 Å². The summed E-state index contributed by atoms with van der Waals surface area (Å²) in [5.74, 6) is -0.399. The van der Waals surface area contributed by atoms with Crippen LogP contribution in [0.25, 0.3) is 16.9 Å². The SMILES string of the molecule is CCc1cc(C(=O)N2CCCCC2C)nc2cc(-c3ccc(CC(=O)CCC4CCCO4)cc3F)nn12. The van der Waals surface area contributed by atoms with Crippen LogP contribution in [-0.4, -0.2) is 56.5 Å². The number of hydrogen-bond donors (Lipinski definition) is 0. The Labute approximate surface area is 217 Å². The smallest absolute Gasteiger partial charge is 0.272 e. The van der Waals surface area contributed by atoms with Crippen molar-refractivity contribution in [1.29, 1.82) is 0 Å². The van der Waals surface area contributed by atoms with Crippen LogP contribution in [0.2, 0.25) is 0 Å². The number of likely N-dealkylation sites (tertiary alicyclic amines) is 1. The van der Waals surface area contributed by atoms with E-state index in [2.05, 4.69) is 17.0 Å². The zero-order chi connectivity index (χ0) is 25.9. The first-order chi connectivity index (χ1) is 17.9. The molecular weight excluding hydrogens is 471 g/mol. The second-order valence-electron chi connectivity index (χ2n) is 10.3. The number of ether oxygens (including phenoxy) is 1. The van der Waals surface area contributed by atoms with Crippen LogP contribution < -0.4 is 0 Å². The number of piperidine rings is 1. The summed E-state index contributed by atoms with van der Waals surface area (Å²) >= 11 is 0. The van der Waals surface area contributed by atoms with E-state index in [4.69, 9.17) is 4.74 Å². The van der Waals surface area contributed by atoms with Crippen molar-refractivity contribution >= 4 is 17.3 Å². The van der Waals surface area contributed by atoms with Crippen LogP contribution in [-0.2, 0) is 22.4 Å². The van der Waals surface area contributed by atoms with Crippen molar-refractivity contribution in [3.63, 3.8) is 0 Å². The molecule has 2 unspecified atom stereocenters. The monoisotopic (exact) mass is 506 g/mol. The van der Waals surface area contributed by atoms with Gasteiger partial charge in [0, 0.05) is 49.4 Å². The molecule has 196 valence electrons. The minimum Gasteiger partial charge on any atom is -0.378 e. The lowest BCUT2D eigenvalue weighted by Gasteiger charge is -2.33. The van der Waals surface area contributed by atoms with Crippen molar-refractivity contribution in [2.24, 2.45) is 0 Å². The van der Waals surface area contributed by atoms with E-state index in [1.165, 1.54) is 6.07 Å². The molecule has 0 spiro atoms. The van der Waals surface area contributed by atoms with Crippen LogP contribution in [0, 0.1) is 5.82 Å². The molecule has 2 fully saturated rings. The number of Topliss-reactive ketones (excluding diaryl/α,β-unsaturated/α-hetero) is 1. The molecule has 7 nitrogen and oxygen atoms in total. The number of aromatic nitrogens is 3. The highest BCUT2D eigenvalue weighted by Gasteiger charge is 2.26. The van der Waals surface area contributed by atoms with Crippen molar-refractivity contribution < 1.29 is 18.7 Å². The molecule has 0 radical (unpaired) electrons. The van der Waals surface area contributed by atoms with E-state index in [1.54, 1.807) is 28.8 Å². The zero-order valence-electron chi connectivity index (χ0n) is 21.7. The third-order valence-corrected chi connectivity index (χ3v) is 7.63. The number of hydrogen-bond acceptors (Lipinski definition) is 5. The minimum absolute atomic E-state index is 0.0631. The standard InChI is InChI=1S/C29H35FN4O3/c1-3-21-17-27(29(36)33-13-5-4-7-19(33)2)31-28-18-26(32-34(21)28)24-12-9-20(16-25(24)30)15-22(35)10-11-23-8-6-14-37-23/h9,12,16-19,23H,3-8,10-11,13-15H2,1-2H3. The summed E-state index contributed by atoms with van der Waals surface area (Å²) in [5.41, 5.74) is 3.22. The van der Waals surface area contributed by atoms with Gasteiger partial charge in [-0.05, 0) is 75.6 Å². The van der Waals surface area contributed by atoms with Crippen LogP contribution in [0.4, 0.5) is 4.39 Å². The predicted octanol–water partition coefficient (Wildman–Crippen LogP) is 5.18. The first kappa shape index (κ1) is 25.5. The zero-order valence-corrected chi connectivity index (χ0v) is 21.7. The molecular formula is C29H35FN4O3. The molecule has 5 rings (SSSR count). The van der Waals surface area contributed by atoms with E-state index in [0.717, 1.165) is 57.4 Å². The highest BCUT2D eigenvalue weighted by Crippen LogP contribution is 2.26. The van der Waals surface area contributed by atoms with Crippen LogP contribution in [0.5, 0.6) is 0 Å². The number of carbonyl (C=O) groups excluding carboxylic acids is 2. The van der Waals surface area contributed by atoms with Gasteiger partial charge in [-0.2, -0.15) is 5.10 Å². The lowest BCUT2D eigenvalue weighted by atomic mass is 10.0. The number of carbonyl (C=O) groups is 2. The average molecular weight is 507 g/mol. The maximum Gasteiger partial charge on any atom is 0.272 e. The van der Waals surface area contributed by atoms with Crippen LogP contribution in [0.1, 0.15) is 80.5 Å². The fraction of sp³-hybridized carbons (Fsp3) is 0.517. The summed E-state index contributed by atoms with van der Waals surface area (Å²) in [7, 11) is 0. The minimum atomic E-state index is -0.427. The summed E-state index contributed by atoms with van der Waals surface area (Å²) < 4.78 is 22.4. The fourth-order valence-electron chi connectivity index (χ4n) is 5.46. The molecule has 2 atom stereocenters. The van der Waals surface area contributed by atoms with E-state index >= 15 is 4.39 Å². The molecule has 2 aliphatic rings. The number of amides is 1. The van der Waals surface area contributed by atoms with Crippen molar-refractivity contribution in [3.05, 3.63) is 53.1 Å². The Hall–Kier alpha value is -3.13. The molecule has 0 aliphatic carbocycles. The number of rotatable bonds is 8. The highest BCUT2D eigenvalue weighted by molar-refractivity contribution is 5.93. The predicted molar refractivity (Wildman–Crippen MR) is 139 cm³/mol. The number of ketones is 1. The fourth-order valence-corrected chi connectivity index (χ4v) is 5.46. The Morgan fingerprint density at radius 1 is 1.14 bits per heavy atom. The summed E-state index contributed by atoms with van der Waals surface area (Å²) in [6.45, 7) is 5.60. The second-order valence-corrected chi connectivity index (χ2v) is 10.3. The Morgan fingerprint density at radius 3 is 2.73 bits per heavy atom. The van der Waals surface area contributed by atoms with Crippen molar-refractivity contribution in [1.82, 2.24) is 19.5 Å². The van der Waals surface area contributed by atoms with Gasteiger partial charge in [-0.1, -0.05) is 13.0 Å². The molecule has 3 aromatic rings. The van der Waals surface area contributed by atoms with Crippen LogP contribution in [0.3, 0.4) is 0 Å². The lowest BCUT2D eigenvalue weighted by molar-refractivity contribution is -0.119. The second kappa shape index (κ2) is 11.1. The molecule has 37 heavy (non-hydrogen) atoms. The largest absolute Gasteiger partial charge is 0.378 e. The van der Waals surface area contributed by atoms with E-state index in [1.807, 2.05) is 11.8 Å². The molecule has 0 bridgehead atoms. The number of fused-ring (bicyclic) bond motifs is 1. The quantitative estimate of drug-likeness (QED) is 0.421. The third-order valence-electron chi connectivity index (χ3n) is 7.63.